The number of amidine groups is 1. The average molecular weight is 291 g/mol. The standard InChI is InChI=1S/C15H21N3O3/c1-15(2,11-6-4-3-5-7-11)14(19)18-8-9-21-12(10-18)13(16)17-20/h3-7,12,20H,8-10H2,1-2H3,(H2,16,17). The van der Waals surface area contributed by atoms with E-state index in [4.69, 9.17) is 15.7 Å². The van der Waals surface area contributed by atoms with Gasteiger partial charge in [0.05, 0.1) is 18.6 Å². The third-order valence-electron chi connectivity index (χ3n) is 3.83. The van der Waals surface area contributed by atoms with Crippen LogP contribution in [0.2, 0.25) is 0 Å². The fraction of sp³-hybridized carbons (Fsp3) is 0.467. The first kappa shape index (κ1) is 15.3. The molecule has 1 unspecified atom stereocenters. The number of ether oxygens (including phenoxy) is 1. The molecule has 0 radical (unpaired) electrons. The highest BCUT2D eigenvalue weighted by Crippen LogP contribution is 2.26. The number of nitrogens with two attached hydrogens (primary N) is 1. The highest BCUT2D eigenvalue weighted by molar-refractivity contribution is 5.89. The largest absolute Gasteiger partial charge is 0.409 e. The maximum absolute atomic E-state index is 12.8. The Morgan fingerprint density at radius 2 is 2.10 bits per heavy atom. The lowest BCUT2D eigenvalue weighted by Gasteiger charge is -2.37. The summed E-state index contributed by atoms with van der Waals surface area (Å²) in [6, 6.07) is 9.65. The van der Waals surface area contributed by atoms with E-state index in [1.807, 2.05) is 44.2 Å². The molecule has 3 N–H and O–H groups in total. The number of oxime groups is 1. The lowest BCUT2D eigenvalue weighted by Crippen LogP contribution is -2.54. The van der Waals surface area contributed by atoms with Crippen LogP contribution in [0.15, 0.2) is 35.5 Å². The van der Waals surface area contributed by atoms with Crippen LogP contribution in [0.4, 0.5) is 0 Å². The molecular weight excluding hydrogens is 270 g/mol. The van der Waals surface area contributed by atoms with Gasteiger partial charge in [-0.3, -0.25) is 4.79 Å². The summed E-state index contributed by atoms with van der Waals surface area (Å²) >= 11 is 0. The summed E-state index contributed by atoms with van der Waals surface area (Å²) in [5, 5.41) is 11.7. The van der Waals surface area contributed by atoms with Crippen LogP contribution < -0.4 is 5.73 Å². The summed E-state index contributed by atoms with van der Waals surface area (Å²) in [5.41, 5.74) is 5.90. The minimum atomic E-state index is -0.631. The molecule has 114 valence electrons. The number of rotatable bonds is 3. The second kappa shape index (κ2) is 6.13. The second-order valence-corrected chi connectivity index (χ2v) is 5.63. The maximum Gasteiger partial charge on any atom is 0.232 e. The SMILES string of the molecule is CC(C)(C(=O)N1CCOC(C(N)=NO)C1)c1ccccc1. The Morgan fingerprint density at radius 3 is 2.71 bits per heavy atom. The lowest BCUT2D eigenvalue weighted by atomic mass is 9.83. The second-order valence-electron chi connectivity index (χ2n) is 5.63. The number of morpholine rings is 1. The Labute approximate surface area is 124 Å². The molecule has 0 bridgehead atoms. The van der Waals surface area contributed by atoms with Crippen molar-refractivity contribution in [1.29, 1.82) is 0 Å². The molecule has 0 spiro atoms. The van der Waals surface area contributed by atoms with E-state index in [-0.39, 0.29) is 11.7 Å². The van der Waals surface area contributed by atoms with Gasteiger partial charge in [-0.1, -0.05) is 35.5 Å². The molecule has 1 fully saturated rings. The van der Waals surface area contributed by atoms with Gasteiger partial charge in [0.25, 0.3) is 0 Å². The molecular formula is C15H21N3O3. The van der Waals surface area contributed by atoms with Gasteiger partial charge in [-0.05, 0) is 19.4 Å². The minimum absolute atomic E-state index is 0.00717. The Bertz CT molecular complexity index is 528. The summed E-state index contributed by atoms with van der Waals surface area (Å²) in [6.45, 7) is 4.98. The third kappa shape index (κ3) is 3.16. The van der Waals surface area contributed by atoms with E-state index in [1.165, 1.54) is 0 Å². The van der Waals surface area contributed by atoms with Gasteiger partial charge in [0.2, 0.25) is 5.91 Å². The normalized spacial score (nSPS) is 20.4. The van der Waals surface area contributed by atoms with E-state index in [2.05, 4.69) is 5.16 Å². The van der Waals surface area contributed by atoms with Crippen molar-refractivity contribution in [2.24, 2.45) is 10.9 Å². The van der Waals surface area contributed by atoms with Gasteiger partial charge in [-0.25, -0.2) is 0 Å². The van der Waals surface area contributed by atoms with Gasteiger partial charge < -0.3 is 20.6 Å². The van der Waals surface area contributed by atoms with Gasteiger partial charge in [-0.2, -0.15) is 0 Å². The third-order valence-corrected chi connectivity index (χ3v) is 3.83. The highest BCUT2D eigenvalue weighted by atomic mass is 16.5. The van der Waals surface area contributed by atoms with Crippen LogP contribution in [0.1, 0.15) is 19.4 Å². The number of carbonyl (C=O) groups is 1. The van der Waals surface area contributed by atoms with E-state index in [0.29, 0.717) is 19.7 Å². The zero-order chi connectivity index (χ0) is 15.5. The molecule has 6 heteroatoms. The molecule has 1 atom stereocenters. The molecule has 1 heterocycles. The molecule has 1 aromatic carbocycles. The van der Waals surface area contributed by atoms with E-state index >= 15 is 0 Å². The quantitative estimate of drug-likeness (QED) is 0.375. The van der Waals surface area contributed by atoms with Crippen molar-refractivity contribution in [2.75, 3.05) is 19.7 Å². The first-order valence-electron chi connectivity index (χ1n) is 6.90. The van der Waals surface area contributed by atoms with Crippen LogP contribution in [-0.2, 0) is 14.9 Å². The molecule has 2 rings (SSSR count). The zero-order valence-corrected chi connectivity index (χ0v) is 12.3. The predicted molar refractivity (Wildman–Crippen MR) is 79.2 cm³/mol. The van der Waals surface area contributed by atoms with Crippen molar-refractivity contribution in [2.45, 2.75) is 25.4 Å². The van der Waals surface area contributed by atoms with Crippen LogP contribution >= 0.6 is 0 Å². The molecule has 0 saturated carbocycles. The van der Waals surface area contributed by atoms with E-state index in [1.54, 1.807) is 4.90 Å². The first-order valence-corrected chi connectivity index (χ1v) is 6.90. The molecule has 1 aromatic rings. The Hall–Kier alpha value is -2.08. The Kier molecular flexibility index (Phi) is 4.47. The predicted octanol–water partition coefficient (Wildman–Crippen LogP) is 0.938. The molecule has 1 saturated heterocycles. The van der Waals surface area contributed by atoms with Gasteiger partial charge in [-0.15, -0.1) is 0 Å². The number of carbonyl (C=O) groups excluding carboxylic acids is 1. The number of hydrogen-bond acceptors (Lipinski definition) is 4. The fourth-order valence-electron chi connectivity index (χ4n) is 2.45. The molecule has 0 aliphatic carbocycles. The molecule has 1 aliphatic heterocycles. The lowest BCUT2D eigenvalue weighted by molar-refractivity contribution is -0.141. The Balaban J connectivity index is 2.16. The number of amides is 1. The van der Waals surface area contributed by atoms with Crippen molar-refractivity contribution < 1.29 is 14.7 Å². The van der Waals surface area contributed by atoms with Gasteiger partial charge in [0.15, 0.2) is 5.84 Å². The van der Waals surface area contributed by atoms with Gasteiger partial charge in [0.1, 0.15) is 6.10 Å². The summed E-state index contributed by atoms with van der Waals surface area (Å²) in [6.07, 6.45) is -0.556. The van der Waals surface area contributed by atoms with Crippen LogP contribution in [0.3, 0.4) is 0 Å². The molecule has 6 nitrogen and oxygen atoms in total. The number of hydrogen-bond donors (Lipinski definition) is 2. The van der Waals surface area contributed by atoms with Crippen molar-refractivity contribution in [3.05, 3.63) is 35.9 Å². The van der Waals surface area contributed by atoms with Crippen LogP contribution in [-0.4, -0.2) is 47.7 Å². The van der Waals surface area contributed by atoms with Crippen LogP contribution in [0.25, 0.3) is 0 Å². The Morgan fingerprint density at radius 1 is 1.43 bits per heavy atom. The van der Waals surface area contributed by atoms with Crippen LogP contribution in [0.5, 0.6) is 0 Å². The van der Waals surface area contributed by atoms with Crippen molar-refractivity contribution >= 4 is 11.7 Å². The van der Waals surface area contributed by atoms with E-state index in [9.17, 15) is 4.79 Å². The smallest absolute Gasteiger partial charge is 0.232 e. The average Bonchev–Trinajstić information content (AvgIpc) is 2.54. The van der Waals surface area contributed by atoms with E-state index in [0.717, 1.165) is 5.56 Å². The van der Waals surface area contributed by atoms with Gasteiger partial charge in [0, 0.05) is 6.54 Å². The van der Waals surface area contributed by atoms with Crippen molar-refractivity contribution in [1.82, 2.24) is 4.90 Å². The molecule has 1 amide bonds. The summed E-state index contributed by atoms with van der Waals surface area (Å²) in [4.78, 5) is 14.5. The first-order chi connectivity index (χ1) is 9.96. The fourth-order valence-corrected chi connectivity index (χ4v) is 2.45. The minimum Gasteiger partial charge on any atom is -0.409 e. The van der Waals surface area contributed by atoms with Crippen molar-refractivity contribution in [3.8, 4) is 0 Å². The summed E-state index contributed by atoms with van der Waals surface area (Å²) < 4.78 is 5.42. The topological polar surface area (TPSA) is 88.2 Å². The summed E-state index contributed by atoms with van der Waals surface area (Å²) in [5.74, 6) is -0.00208. The zero-order valence-electron chi connectivity index (χ0n) is 12.3. The molecule has 21 heavy (non-hydrogen) atoms. The van der Waals surface area contributed by atoms with Crippen LogP contribution in [0, 0.1) is 0 Å². The summed E-state index contributed by atoms with van der Waals surface area (Å²) in [7, 11) is 0. The maximum atomic E-state index is 12.8. The molecule has 0 aromatic heterocycles. The number of nitrogens with zero attached hydrogens (tertiary/aromatic N) is 2. The monoisotopic (exact) mass is 291 g/mol. The number of benzene rings is 1. The highest BCUT2D eigenvalue weighted by Gasteiger charge is 2.36. The van der Waals surface area contributed by atoms with E-state index < -0.39 is 11.5 Å². The molecule has 1 aliphatic rings. The van der Waals surface area contributed by atoms with Gasteiger partial charge >= 0.3 is 0 Å². The van der Waals surface area contributed by atoms with Crippen molar-refractivity contribution in [3.63, 3.8) is 0 Å².